The van der Waals surface area contributed by atoms with Crippen LogP contribution < -0.4 is 0 Å². The van der Waals surface area contributed by atoms with Gasteiger partial charge in [-0.2, -0.15) is 0 Å². The van der Waals surface area contributed by atoms with Gasteiger partial charge in [-0.25, -0.2) is 13.2 Å². The third kappa shape index (κ3) is 4.62. The standard InChI is InChI=1S/C14H10ClNO7S2/c1-25(21,22)12-4-2-8(6-9(12)16(19)20)14(18)23-7-10(17)11-3-5-13(15)24-11/h2-6H,7H2,1H3. The number of carbonyl (C=O) groups is 2. The molecule has 0 N–H and O–H groups in total. The van der Waals surface area contributed by atoms with E-state index in [1.165, 1.54) is 12.1 Å². The second-order valence-electron chi connectivity index (χ2n) is 4.81. The molecule has 0 bridgehead atoms. The fourth-order valence-corrected chi connectivity index (χ4v) is 3.65. The van der Waals surface area contributed by atoms with Gasteiger partial charge in [-0.3, -0.25) is 14.9 Å². The summed E-state index contributed by atoms with van der Waals surface area (Å²) in [5.74, 6) is -1.47. The summed E-state index contributed by atoms with van der Waals surface area (Å²) in [5, 5.41) is 11.0. The number of nitrogens with zero attached hydrogens (tertiary/aromatic N) is 1. The molecule has 8 nitrogen and oxygen atoms in total. The van der Waals surface area contributed by atoms with Crippen LogP contribution in [0.4, 0.5) is 5.69 Å². The molecular formula is C14H10ClNO7S2. The molecule has 0 spiro atoms. The summed E-state index contributed by atoms with van der Waals surface area (Å²) in [4.78, 5) is 33.7. The predicted octanol–water partition coefficient (Wildman–Crippen LogP) is 2.75. The van der Waals surface area contributed by atoms with E-state index in [9.17, 15) is 28.1 Å². The van der Waals surface area contributed by atoms with Crippen LogP contribution in [0.25, 0.3) is 0 Å². The van der Waals surface area contributed by atoms with Crippen molar-refractivity contribution in [2.75, 3.05) is 12.9 Å². The summed E-state index contributed by atoms with van der Waals surface area (Å²) in [5.41, 5.74) is -0.982. The van der Waals surface area contributed by atoms with Crippen LogP contribution in [0.2, 0.25) is 4.34 Å². The van der Waals surface area contributed by atoms with Crippen molar-refractivity contribution in [1.29, 1.82) is 0 Å². The number of rotatable bonds is 6. The summed E-state index contributed by atoms with van der Waals surface area (Å²) in [6.07, 6.45) is 0.818. The van der Waals surface area contributed by atoms with E-state index in [0.29, 0.717) is 9.21 Å². The topological polar surface area (TPSA) is 121 Å². The van der Waals surface area contributed by atoms with Gasteiger partial charge >= 0.3 is 5.97 Å². The van der Waals surface area contributed by atoms with Gasteiger partial charge < -0.3 is 4.74 Å². The smallest absolute Gasteiger partial charge is 0.338 e. The van der Waals surface area contributed by atoms with Crippen LogP contribution in [-0.2, 0) is 14.6 Å². The van der Waals surface area contributed by atoms with Crippen molar-refractivity contribution in [2.45, 2.75) is 4.90 Å². The van der Waals surface area contributed by atoms with E-state index in [-0.39, 0.29) is 5.56 Å². The molecule has 0 aliphatic heterocycles. The minimum atomic E-state index is -3.84. The van der Waals surface area contributed by atoms with E-state index in [1.54, 1.807) is 0 Å². The fraction of sp³-hybridized carbons (Fsp3) is 0.143. The van der Waals surface area contributed by atoms with Crippen molar-refractivity contribution in [3.05, 3.63) is 55.2 Å². The van der Waals surface area contributed by atoms with E-state index < -0.39 is 43.7 Å². The SMILES string of the molecule is CS(=O)(=O)c1ccc(C(=O)OCC(=O)c2ccc(Cl)s2)cc1[N+](=O)[O-]. The van der Waals surface area contributed by atoms with Crippen molar-refractivity contribution in [3.8, 4) is 0 Å². The van der Waals surface area contributed by atoms with Crippen LogP contribution >= 0.6 is 22.9 Å². The molecule has 0 radical (unpaired) electrons. The molecule has 0 unspecified atom stereocenters. The Kier molecular flexibility index (Phi) is 5.55. The van der Waals surface area contributed by atoms with Gasteiger partial charge in [0.25, 0.3) is 5.69 Å². The number of sulfone groups is 1. The summed E-state index contributed by atoms with van der Waals surface area (Å²) < 4.78 is 28.3. The first kappa shape index (κ1) is 19.0. The first-order valence-electron chi connectivity index (χ1n) is 6.54. The van der Waals surface area contributed by atoms with Crippen molar-refractivity contribution < 1.29 is 27.7 Å². The van der Waals surface area contributed by atoms with Gasteiger partial charge in [0.1, 0.15) is 4.90 Å². The number of benzene rings is 1. The number of nitro benzene ring substituents is 1. The number of ketones is 1. The summed E-state index contributed by atoms with van der Waals surface area (Å²) in [6.45, 7) is -0.572. The molecule has 11 heteroatoms. The Hall–Kier alpha value is -2.30. The largest absolute Gasteiger partial charge is 0.454 e. The molecule has 0 atom stereocenters. The zero-order valence-electron chi connectivity index (χ0n) is 12.6. The molecule has 132 valence electrons. The zero-order chi connectivity index (χ0) is 18.8. The molecular weight excluding hydrogens is 394 g/mol. The van der Waals surface area contributed by atoms with Crippen molar-refractivity contribution in [1.82, 2.24) is 0 Å². The monoisotopic (exact) mass is 403 g/mol. The van der Waals surface area contributed by atoms with E-state index in [0.717, 1.165) is 35.8 Å². The molecule has 0 aliphatic rings. The maximum Gasteiger partial charge on any atom is 0.338 e. The summed E-state index contributed by atoms with van der Waals surface area (Å²) in [6, 6.07) is 5.83. The molecule has 2 rings (SSSR count). The fourth-order valence-electron chi connectivity index (χ4n) is 1.85. The Morgan fingerprint density at radius 2 is 1.96 bits per heavy atom. The maximum absolute atomic E-state index is 12.0. The first-order valence-corrected chi connectivity index (χ1v) is 9.62. The Balaban J connectivity index is 2.18. The lowest BCUT2D eigenvalue weighted by Crippen LogP contribution is -2.14. The number of carbonyl (C=O) groups excluding carboxylic acids is 2. The Morgan fingerprint density at radius 3 is 2.48 bits per heavy atom. The first-order chi connectivity index (χ1) is 11.6. The highest BCUT2D eigenvalue weighted by Gasteiger charge is 2.24. The van der Waals surface area contributed by atoms with Gasteiger partial charge in [-0.15, -0.1) is 11.3 Å². The van der Waals surface area contributed by atoms with Crippen LogP contribution in [0, 0.1) is 10.1 Å². The Labute approximate surface area is 151 Å². The van der Waals surface area contributed by atoms with Gasteiger partial charge in [0.05, 0.1) is 19.7 Å². The van der Waals surface area contributed by atoms with Crippen molar-refractivity contribution in [2.24, 2.45) is 0 Å². The predicted molar refractivity (Wildman–Crippen MR) is 90.1 cm³/mol. The minimum Gasteiger partial charge on any atom is -0.454 e. The third-order valence-corrected chi connectivity index (χ3v) is 5.39. The van der Waals surface area contributed by atoms with Gasteiger partial charge in [0.15, 0.2) is 16.4 Å². The maximum atomic E-state index is 12.0. The number of esters is 1. The summed E-state index contributed by atoms with van der Waals surface area (Å²) in [7, 11) is -3.84. The Morgan fingerprint density at radius 1 is 1.28 bits per heavy atom. The Bertz CT molecular complexity index is 965. The van der Waals surface area contributed by atoms with Crippen LogP contribution in [-0.4, -0.2) is 38.0 Å². The number of ether oxygens (including phenoxy) is 1. The second-order valence-corrected chi connectivity index (χ2v) is 8.51. The highest BCUT2D eigenvalue weighted by molar-refractivity contribution is 7.90. The normalized spacial score (nSPS) is 11.1. The highest BCUT2D eigenvalue weighted by Crippen LogP contribution is 2.25. The molecule has 0 aliphatic carbocycles. The molecule has 1 aromatic heterocycles. The molecule has 0 saturated carbocycles. The number of nitro groups is 1. The van der Waals surface area contributed by atoms with Crippen LogP contribution in [0.1, 0.15) is 20.0 Å². The van der Waals surface area contributed by atoms with Crippen LogP contribution in [0.3, 0.4) is 0 Å². The average Bonchev–Trinajstić information content (AvgIpc) is 2.97. The third-order valence-electron chi connectivity index (χ3n) is 2.97. The van der Waals surface area contributed by atoms with Crippen molar-refractivity contribution >= 4 is 50.2 Å². The van der Waals surface area contributed by atoms with E-state index in [1.807, 2.05) is 0 Å². The molecule has 1 aromatic carbocycles. The number of halogens is 1. The summed E-state index contributed by atoms with van der Waals surface area (Å²) >= 11 is 6.73. The van der Waals surface area contributed by atoms with E-state index in [2.05, 4.69) is 0 Å². The molecule has 0 fully saturated rings. The minimum absolute atomic E-state index is 0.240. The number of hydrogen-bond donors (Lipinski definition) is 0. The number of thiophene rings is 1. The van der Waals surface area contributed by atoms with Crippen LogP contribution in [0.15, 0.2) is 35.2 Å². The number of Topliss-reactive ketones (excluding diaryl/α,β-unsaturated/α-hetero) is 1. The molecule has 0 amide bonds. The number of hydrogen-bond acceptors (Lipinski definition) is 8. The van der Waals surface area contributed by atoms with E-state index >= 15 is 0 Å². The quantitative estimate of drug-likeness (QED) is 0.314. The lowest BCUT2D eigenvalue weighted by Gasteiger charge is -2.05. The average molecular weight is 404 g/mol. The lowest BCUT2D eigenvalue weighted by atomic mass is 10.2. The lowest BCUT2D eigenvalue weighted by molar-refractivity contribution is -0.387. The molecule has 2 aromatic rings. The molecule has 25 heavy (non-hydrogen) atoms. The highest BCUT2D eigenvalue weighted by atomic mass is 35.5. The molecule has 1 heterocycles. The van der Waals surface area contributed by atoms with E-state index in [4.69, 9.17) is 16.3 Å². The van der Waals surface area contributed by atoms with Crippen LogP contribution in [0.5, 0.6) is 0 Å². The van der Waals surface area contributed by atoms with Gasteiger partial charge in [-0.1, -0.05) is 11.6 Å². The van der Waals surface area contributed by atoms with Crippen molar-refractivity contribution in [3.63, 3.8) is 0 Å². The second kappa shape index (κ2) is 7.30. The molecule has 0 saturated heterocycles. The zero-order valence-corrected chi connectivity index (χ0v) is 15.0. The van der Waals surface area contributed by atoms with Gasteiger partial charge in [0, 0.05) is 12.3 Å². The van der Waals surface area contributed by atoms with Gasteiger partial charge in [-0.05, 0) is 24.3 Å². The van der Waals surface area contributed by atoms with Gasteiger partial charge in [0.2, 0.25) is 5.78 Å².